The topological polar surface area (TPSA) is 83.9 Å². The Kier molecular flexibility index (Phi) is 4.41. The molecule has 3 rings (SSSR count). The molecule has 1 aliphatic rings. The van der Waals surface area contributed by atoms with Crippen molar-refractivity contribution in [2.75, 3.05) is 12.0 Å². The molecule has 2 aromatic carbocycles. The third-order valence-electron chi connectivity index (χ3n) is 3.78. The number of carbonyl (C=O) groups excluding carboxylic acids is 2. The molecule has 0 atom stereocenters. The van der Waals surface area contributed by atoms with Crippen molar-refractivity contribution in [3.63, 3.8) is 0 Å². The molecule has 0 aromatic heterocycles. The van der Waals surface area contributed by atoms with Gasteiger partial charge in [-0.25, -0.2) is 4.90 Å². The zero-order valence-corrected chi connectivity index (χ0v) is 14.4. The van der Waals surface area contributed by atoms with Crippen LogP contribution in [0, 0.1) is 0 Å². The molecule has 1 heterocycles. The minimum absolute atomic E-state index is 0.0525. The van der Waals surface area contributed by atoms with Crippen LogP contribution in [0.3, 0.4) is 0 Å². The summed E-state index contributed by atoms with van der Waals surface area (Å²) < 4.78 is 5.15. The molecule has 0 spiro atoms. The smallest absolute Gasteiger partial charge is 0.307 e. The van der Waals surface area contributed by atoms with E-state index in [2.05, 4.69) is 0 Å². The molecule has 6 nitrogen and oxygen atoms in total. The molecule has 0 saturated carbocycles. The van der Waals surface area contributed by atoms with Crippen molar-refractivity contribution in [1.82, 2.24) is 0 Å². The summed E-state index contributed by atoms with van der Waals surface area (Å²) >= 11 is 12.3. The van der Waals surface area contributed by atoms with Gasteiger partial charge in [0.15, 0.2) is 0 Å². The van der Waals surface area contributed by atoms with Crippen LogP contribution in [0.2, 0.25) is 10.0 Å². The van der Waals surface area contributed by atoms with Crippen molar-refractivity contribution in [3.8, 4) is 5.75 Å². The first-order valence-electron chi connectivity index (χ1n) is 7.10. The first kappa shape index (κ1) is 17.3. The third kappa shape index (κ3) is 2.83. The predicted octanol–water partition coefficient (Wildman–Crippen LogP) is 3.43. The van der Waals surface area contributed by atoms with Crippen LogP contribution in [-0.2, 0) is 11.2 Å². The zero-order valence-electron chi connectivity index (χ0n) is 12.9. The summed E-state index contributed by atoms with van der Waals surface area (Å²) in [5.74, 6) is -2.00. The molecule has 128 valence electrons. The Morgan fingerprint density at radius 3 is 2.36 bits per heavy atom. The van der Waals surface area contributed by atoms with Crippen LogP contribution in [0.5, 0.6) is 5.75 Å². The van der Waals surface area contributed by atoms with Gasteiger partial charge in [-0.15, -0.1) is 0 Å². The molecular formula is C17H11Cl2NO5. The predicted molar refractivity (Wildman–Crippen MR) is 91.9 cm³/mol. The molecule has 25 heavy (non-hydrogen) atoms. The maximum absolute atomic E-state index is 12.8. The summed E-state index contributed by atoms with van der Waals surface area (Å²) in [6, 6.07) is 7.33. The molecule has 0 bridgehead atoms. The molecule has 8 heteroatoms. The minimum Gasteiger partial charge on any atom is -0.496 e. The number of rotatable bonds is 4. The molecule has 2 amide bonds. The fourth-order valence-corrected chi connectivity index (χ4v) is 3.23. The summed E-state index contributed by atoms with van der Waals surface area (Å²) in [5.41, 5.74) is 0.732. The van der Waals surface area contributed by atoms with E-state index < -0.39 is 17.8 Å². The number of halogens is 2. The van der Waals surface area contributed by atoms with Crippen LogP contribution in [0.4, 0.5) is 5.69 Å². The average Bonchev–Trinajstić information content (AvgIpc) is 2.81. The summed E-state index contributed by atoms with van der Waals surface area (Å²) in [6.45, 7) is 0. The molecule has 1 aliphatic heterocycles. The Bertz CT molecular complexity index is 925. The second-order valence-corrected chi connectivity index (χ2v) is 6.12. The summed E-state index contributed by atoms with van der Waals surface area (Å²) in [7, 11) is 1.39. The fraction of sp³-hybridized carbons (Fsp3) is 0.118. The Hall–Kier alpha value is -2.57. The summed E-state index contributed by atoms with van der Waals surface area (Å²) in [5, 5.41) is 9.06. The number of amides is 2. The van der Waals surface area contributed by atoms with Crippen molar-refractivity contribution in [1.29, 1.82) is 0 Å². The fourth-order valence-electron chi connectivity index (χ4n) is 2.70. The number of aliphatic carboxylic acids is 1. The Morgan fingerprint density at radius 2 is 1.76 bits per heavy atom. The lowest BCUT2D eigenvalue weighted by Crippen LogP contribution is -2.29. The first-order chi connectivity index (χ1) is 11.8. The number of carboxylic acid groups (broad SMARTS) is 1. The number of benzene rings is 2. The van der Waals surface area contributed by atoms with E-state index in [0.29, 0.717) is 5.56 Å². The second kappa shape index (κ2) is 6.38. The van der Waals surface area contributed by atoms with Gasteiger partial charge in [-0.2, -0.15) is 0 Å². The van der Waals surface area contributed by atoms with Crippen molar-refractivity contribution in [2.24, 2.45) is 0 Å². The third-order valence-corrected chi connectivity index (χ3v) is 4.40. The van der Waals surface area contributed by atoms with Crippen LogP contribution < -0.4 is 9.64 Å². The maximum atomic E-state index is 12.8. The lowest BCUT2D eigenvalue weighted by molar-refractivity contribution is -0.136. The van der Waals surface area contributed by atoms with Crippen LogP contribution in [0.25, 0.3) is 0 Å². The van der Waals surface area contributed by atoms with Crippen LogP contribution in [0.15, 0.2) is 30.3 Å². The number of nitrogens with zero attached hydrogens (tertiary/aromatic N) is 1. The number of ether oxygens (including phenoxy) is 1. The summed E-state index contributed by atoms with van der Waals surface area (Å²) in [6.07, 6.45) is -0.220. The number of hydrogen-bond acceptors (Lipinski definition) is 4. The van der Waals surface area contributed by atoms with E-state index in [0.717, 1.165) is 4.90 Å². The van der Waals surface area contributed by atoms with Crippen LogP contribution in [-0.4, -0.2) is 30.0 Å². The highest BCUT2D eigenvalue weighted by molar-refractivity contribution is 6.44. The molecule has 0 saturated heterocycles. The van der Waals surface area contributed by atoms with E-state index in [1.807, 2.05) is 0 Å². The highest BCUT2D eigenvalue weighted by atomic mass is 35.5. The Balaban J connectivity index is 2.08. The van der Waals surface area contributed by atoms with Gasteiger partial charge in [0.25, 0.3) is 11.8 Å². The van der Waals surface area contributed by atoms with Crippen molar-refractivity contribution in [2.45, 2.75) is 6.42 Å². The lowest BCUT2D eigenvalue weighted by atomic mass is 10.1. The minimum atomic E-state index is -1.01. The average molecular weight is 380 g/mol. The lowest BCUT2D eigenvalue weighted by Gasteiger charge is -2.16. The van der Waals surface area contributed by atoms with Crippen molar-refractivity contribution < 1.29 is 24.2 Å². The van der Waals surface area contributed by atoms with E-state index in [1.165, 1.54) is 37.4 Å². The Morgan fingerprint density at radius 1 is 1.08 bits per heavy atom. The van der Waals surface area contributed by atoms with Gasteiger partial charge >= 0.3 is 5.97 Å². The first-order valence-corrected chi connectivity index (χ1v) is 7.86. The van der Waals surface area contributed by atoms with Gasteiger partial charge in [0.2, 0.25) is 0 Å². The van der Waals surface area contributed by atoms with E-state index in [4.69, 9.17) is 33.0 Å². The quantitative estimate of drug-likeness (QED) is 0.822. The van der Waals surface area contributed by atoms with Gasteiger partial charge in [0, 0.05) is 0 Å². The Labute approximate surface area is 152 Å². The maximum Gasteiger partial charge on any atom is 0.307 e. The van der Waals surface area contributed by atoms with Gasteiger partial charge in [0.1, 0.15) is 5.75 Å². The largest absolute Gasteiger partial charge is 0.496 e. The second-order valence-electron chi connectivity index (χ2n) is 5.30. The standard InChI is InChI=1S/C17H11Cl2NO5/c1-25-12-5-3-9(18)14-15(12)17(24)20(16(14)23)11-4-2-8(6-10(11)19)7-13(21)22/h2-6H,7H2,1H3,(H,21,22). The molecule has 1 N–H and O–H groups in total. The van der Waals surface area contributed by atoms with Gasteiger partial charge in [0.05, 0.1) is 40.4 Å². The van der Waals surface area contributed by atoms with Crippen molar-refractivity contribution in [3.05, 3.63) is 57.1 Å². The number of hydrogen-bond donors (Lipinski definition) is 1. The molecule has 0 radical (unpaired) electrons. The van der Waals surface area contributed by atoms with E-state index in [-0.39, 0.29) is 39.0 Å². The van der Waals surface area contributed by atoms with Gasteiger partial charge < -0.3 is 9.84 Å². The number of imide groups is 1. The van der Waals surface area contributed by atoms with Crippen LogP contribution in [0.1, 0.15) is 26.3 Å². The monoisotopic (exact) mass is 379 g/mol. The van der Waals surface area contributed by atoms with Gasteiger partial charge in [-0.05, 0) is 29.8 Å². The van der Waals surface area contributed by atoms with E-state index in [1.54, 1.807) is 0 Å². The number of carboxylic acids is 1. The van der Waals surface area contributed by atoms with Crippen LogP contribution >= 0.6 is 23.2 Å². The number of anilines is 1. The van der Waals surface area contributed by atoms with Crippen molar-refractivity contribution >= 4 is 46.7 Å². The molecular weight excluding hydrogens is 369 g/mol. The number of carbonyl (C=O) groups is 3. The molecule has 0 unspecified atom stereocenters. The van der Waals surface area contributed by atoms with Gasteiger partial charge in [-0.3, -0.25) is 14.4 Å². The van der Waals surface area contributed by atoms with E-state index >= 15 is 0 Å². The highest BCUT2D eigenvalue weighted by Gasteiger charge is 2.41. The molecule has 0 aliphatic carbocycles. The molecule has 2 aromatic rings. The molecule has 0 fully saturated rings. The number of methoxy groups -OCH3 is 1. The normalized spacial score (nSPS) is 13.2. The number of fused-ring (bicyclic) bond motifs is 1. The van der Waals surface area contributed by atoms with Gasteiger partial charge in [-0.1, -0.05) is 29.3 Å². The SMILES string of the molecule is COc1ccc(Cl)c2c1C(=O)N(c1ccc(CC(=O)O)cc1Cl)C2=O. The summed E-state index contributed by atoms with van der Waals surface area (Å²) in [4.78, 5) is 37.2. The highest BCUT2D eigenvalue weighted by Crippen LogP contribution is 2.40. The zero-order chi connectivity index (χ0) is 18.3. The van der Waals surface area contributed by atoms with E-state index in [9.17, 15) is 14.4 Å².